The van der Waals surface area contributed by atoms with E-state index in [0.29, 0.717) is 17.9 Å². The van der Waals surface area contributed by atoms with E-state index < -0.39 is 0 Å². The summed E-state index contributed by atoms with van der Waals surface area (Å²) in [4.78, 5) is 12.5. The Labute approximate surface area is 176 Å². The third-order valence-corrected chi connectivity index (χ3v) is 6.60. The van der Waals surface area contributed by atoms with Crippen LogP contribution in [0.4, 0.5) is 0 Å². The van der Waals surface area contributed by atoms with Crippen LogP contribution in [0.1, 0.15) is 54.2 Å². The second-order valence-corrected chi connectivity index (χ2v) is 8.86. The van der Waals surface area contributed by atoms with Crippen LogP contribution < -0.4 is 10.9 Å². The highest BCUT2D eigenvalue weighted by molar-refractivity contribution is 5.33. The molecule has 30 heavy (non-hydrogen) atoms. The minimum Gasteiger partial charge on any atom is -0.311 e. The summed E-state index contributed by atoms with van der Waals surface area (Å²) in [5, 5.41) is 13.1. The van der Waals surface area contributed by atoms with E-state index in [4.69, 9.17) is 0 Å². The predicted octanol–water partition coefficient (Wildman–Crippen LogP) is 3.29. The van der Waals surface area contributed by atoms with E-state index in [1.165, 1.54) is 11.1 Å². The number of hydrogen-bond acceptors (Lipinski definition) is 4. The molecule has 156 valence electrons. The molecule has 1 saturated carbocycles. The lowest BCUT2D eigenvalue weighted by atomic mass is 9.90. The van der Waals surface area contributed by atoms with Gasteiger partial charge in [0.2, 0.25) is 0 Å². The van der Waals surface area contributed by atoms with Crippen LogP contribution in [0.15, 0.2) is 47.3 Å². The van der Waals surface area contributed by atoms with Crippen LogP contribution in [-0.4, -0.2) is 31.6 Å². The molecule has 1 aromatic carbocycles. The minimum atomic E-state index is -0.0251. The molecule has 0 amide bonds. The van der Waals surface area contributed by atoms with Crippen LogP contribution in [-0.2, 0) is 12.8 Å². The average molecular weight is 404 g/mol. The summed E-state index contributed by atoms with van der Waals surface area (Å²) in [6.45, 7) is 3.98. The largest absolute Gasteiger partial charge is 0.311 e. The Bertz CT molecular complexity index is 1080. The van der Waals surface area contributed by atoms with E-state index in [-0.39, 0.29) is 11.6 Å². The van der Waals surface area contributed by atoms with Gasteiger partial charge in [-0.2, -0.15) is 5.10 Å². The van der Waals surface area contributed by atoms with Gasteiger partial charge >= 0.3 is 0 Å². The Hall–Kier alpha value is -2.73. The summed E-state index contributed by atoms with van der Waals surface area (Å²) in [6.07, 6.45) is 6.37. The number of benzene rings is 1. The molecular weight excluding hydrogens is 374 g/mol. The van der Waals surface area contributed by atoms with E-state index in [9.17, 15) is 4.79 Å². The second kappa shape index (κ2) is 7.84. The lowest BCUT2D eigenvalue weighted by Crippen LogP contribution is -2.42. The normalized spacial score (nSPS) is 21.7. The van der Waals surface area contributed by atoms with Crippen LogP contribution >= 0.6 is 0 Å². The van der Waals surface area contributed by atoms with Crippen molar-refractivity contribution in [2.45, 2.75) is 70.5 Å². The Balaban J connectivity index is 1.24. The molecule has 1 fully saturated rings. The van der Waals surface area contributed by atoms with E-state index in [0.717, 1.165) is 49.9 Å². The Morgan fingerprint density at radius 3 is 2.23 bits per heavy atom. The molecule has 0 aliphatic heterocycles. The summed E-state index contributed by atoms with van der Waals surface area (Å²) in [5.74, 6) is 0.712. The fourth-order valence-corrected chi connectivity index (χ4v) is 5.15. The number of aromatic nitrogens is 4. The van der Waals surface area contributed by atoms with Crippen molar-refractivity contribution < 1.29 is 0 Å². The van der Waals surface area contributed by atoms with Gasteiger partial charge in [0, 0.05) is 23.8 Å². The number of fused-ring (bicyclic) bond motifs is 1. The van der Waals surface area contributed by atoms with Crippen molar-refractivity contribution >= 4 is 0 Å². The number of nitrogens with zero attached hydrogens (tertiary/aromatic N) is 4. The molecule has 6 nitrogen and oxygen atoms in total. The van der Waals surface area contributed by atoms with Gasteiger partial charge in [0.15, 0.2) is 5.82 Å². The molecule has 6 heteroatoms. The summed E-state index contributed by atoms with van der Waals surface area (Å²) in [5.41, 5.74) is 4.92. The molecule has 2 aromatic heterocycles. The topological polar surface area (TPSA) is 64.7 Å². The quantitative estimate of drug-likeness (QED) is 0.726. The molecule has 0 unspecified atom stereocenters. The lowest BCUT2D eigenvalue weighted by molar-refractivity contribution is 0.256. The predicted molar refractivity (Wildman–Crippen MR) is 117 cm³/mol. The molecule has 0 spiro atoms. The van der Waals surface area contributed by atoms with Crippen molar-refractivity contribution in [1.82, 2.24) is 24.9 Å². The van der Waals surface area contributed by atoms with E-state index >= 15 is 0 Å². The average Bonchev–Trinajstić information content (AvgIpc) is 3.30. The highest BCUT2D eigenvalue weighted by Gasteiger charge is 2.28. The highest BCUT2D eigenvalue weighted by atomic mass is 16.1. The van der Waals surface area contributed by atoms with Crippen molar-refractivity contribution in [2.24, 2.45) is 0 Å². The summed E-state index contributed by atoms with van der Waals surface area (Å²) in [6, 6.07) is 15.4. The highest BCUT2D eigenvalue weighted by Crippen LogP contribution is 2.29. The molecule has 0 atom stereocenters. The molecule has 0 radical (unpaired) electrons. The molecule has 2 aliphatic rings. The standard InChI is InChI=1S/C24H29N5O/c1-16-13-17(2)28(26-16)23-11-12-24(30)29(27-23)22-9-7-20(8-10-22)25-21-14-18-5-3-4-6-19(18)15-21/h3-6,11-13,20-22,25H,7-10,14-15H2,1-2H3. The van der Waals surface area contributed by atoms with Gasteiger partial charge < -0.3 is 5.32 Å². The summed E-state index contributed by atoms with van der Waals surface area (Å²) < 4.78 is 3.50. The SMILES string of the molecule is Cc1cc(C)n(-c2ccc(=O)n(C3CCC(NC4Cc5ccccc5C4)CC3)n2)n1. The van der Waals surface area contributed by atoms with Crippen molar-refractivity contribution in [2.75, 3.05) is 0 Å². The lowest BCUT2D eigenvalue weighted by Gasteiger charge is -2.31. The Morgan fingerprint density at radius 2 is 1.60 bits per heavy atom. The van der Waals surface area contributed by atoms with Crippen molar-refractivity contribution in [1.29, 1.82) is 0 Å². The zero-order valence-electron chi connectivity index (χ0n) is 17.7. The zero-order chi connectivity index (χ0) is 20.7. The molecule has 3 aromatic rings. The fourth-order valence-electron chi connectivity index (χ4n) is 5.15. The van der Waals surface area contributed by atoms with Crippen LogP contribution in [0.5, 0.6) is 0 Å². The van der Waals surface area contributed by atoms with E-state index in [2.05, 4.69) is 39.8 Å². The summed E-state index contributed by atoms with van der Waals surface area (Å²) >= 11 is 0. The fraction of sp³-hybridized carbons (Fsp3) is 0.458. The summed E-state index contributed by atoms with van der Waals surface area (Å²) in [7, 11) is 0. The first-order valence-corrected chi connectivity index (χ1v) is 11.0. The van der Waals surface area contributed by atoms with Crippen LogP contribution in [0, 0.1) is 13.8 Å². The van der Waals surface area contributed by atoms with Gasteiger partial charge in [0.05, 0.1) is 11.7 Å². The number of nitrogens with one attached hydrogen (secondary N) is 1. The van der Waals surface area contributed by atoms with Crippen molar-refractivity contribution in [3.8, 4) is 5.82 Å². The monoisotopic (exact) mass is 403 g/mol. The molecule has 1 N–H and O–H groups in total. The smallest absolute Gasteiger partial charge is 0.267 e. The number of aryl methyl sites for hydroxylation is 2. The molecule has 0 saturated heterocycles. The van der Waals surface area contributed by atoms with Crippen LogP contribution in [0.25, 0.3) is 5.82 Å². The first-order chi connectivity index (χ1) is 14.6. The van der Waals surface area contributed by atoms with Gasteiger partial charge in [-0.05, 0) is 75.6 Å². The van der Waals surface area contributed by atoms with Gasteiger partial charge in [-0.25, -0.2) is 9.36 Å². The van der Waals surface area contributed by atoms with Gasteiger partial charge in [-0.3, -0.25) is 4.79 Å². The van der Waals surface area contributed by atoms with Crippen molar-refractivity contribution in [3.63, 3.8) is 0 Å². The molecule has 5 rings (SSSR count). The first kappa shape index (κ1) is 19.2. The number of hydrogen-bond donors (Lipinski definition) is 1. The van der Waals surface area contributed by atoms with Crippen LogP contribution in [0.3, 0.4) is 0 Å². The molecular formula is C24H29N5O. The molecule has 0 bridgehead atoms. The van der Waals surface area contributed by atoms with E-state index in [1.54, 1.807) is 16.8 Å². The maximum absolute atomic E-state index is 12.5. The van der Waals surface area contributed by atoms with E-state index in [1.807, 2.05) is 24.6 Å². The Morgan fingerprint density at radius 1 is 0.900 bits per heavy atom. The first-order valence-electron chi connectivity index (χ1n) is 11.0. The third kappa shape index (κ3) is 3.72. The second-order valence-electron chi connectivity index (χ2n) is 8.86. The Kier molecular flexibility index (Phi) is 5.03. The maximum Gasteiger partial charge on any atom is 0.267 e. The van der Waals surface area contributed by atoms with Gasteiger partial charge in [-0.1, -0.05) is 24.3 Å². The van der Waals surface area contributed by atoms with Gasteiger partial charge in [0.1, 0.15) is 0 Å². The van der Waals surface area contributed by atoms with Crippen LogP contribution in [0.2, 0.25) is 0 Å². The third-order valence-electron chi connectivity index (χ3n) is 6.60. The van der Waals surface area contributed by atoms with Crippen molar-refractivity contribution in [3.05, 3.63) is 75.3 Å². The number of rotatable bonds is 4. The van der Waals surface area contributed by atoms with Gasteiger partial charge in [0.25, 0.3) is 5.56 Å². The maximum atomic E-state index is 12.5. The molecule has 2 heterocycles. The van der Waals surface area contributed by atoms with Gasteiger partial charge in [-0.15, -0.1) is 5.10 Å². The molecule has 2 aliphatic carbocycles. The zero-order valence-corrected chi connectivity index (χ0v) is 17.7. The minimum absolute atomic E-state index is 0.0251.